The summed E-state index contributed by atoms with van der Waals surface area (Å²) in [6.45, 7) is 3.81. The number of nitrogens with zero attached hydrogens (tertiary/aromatic N) is 4. The van der Waals surface area contributed by atoms with Gasteiger partial charge in [-0.1, -0.05) is 11.6 Å². The summed E-state index contributed by atoms with van der Waals surface area (Å²) < 4.78 is 51.9. The average molecular weight is 503 g/mol. The van der Waals surface area contributed by atoms with E-state index < -0.39 is 39.9 Å². The summed E-state index contributed by atoms with van der Waals surface area (Å²) in [6, 6.07) is 6.98. The first-order chi connectivity index (χ1) is 17.2. The van der Waals surface area contributed by atoms with Crippen LogP contribution in [0.25, 0.3) is 11.5 Å². The first kappa shape index (κ1) is 21.9. The number of hydrogen-bond acceptors (Lipinski definition) is 5. The van der Waals surface area contributed by atoms with Gasteiger partial charge in [0.2, 0.25) is 0 Å². The van der Waals surface area contributed by atoms with E-state index in [2.05, 4.69) is 10.1 Å². The van der Waals surface area contributed by atoms with E-state index in [1.807, 2.05) is 0 Å². The molecule has 35 heavy (non-hydrogen) atoms. The average Bonchev–Trinajstić information content (AvgIpc) is 3.29. The Kier molecular flexibility index (Phi) is 5.79. The monoisotopic (exact) mass is 502 g/mol. The minimum Gasteiger partial charge on any atom is -0.487 e. The lowest BCUT2D eigenvalue weighted by molar-refractivity contribution is 0.0734. The third-order valence-corrected chi connectivity index (χ3v) is 5.60. The van der Waals surface area contributed by atoms with Crippen LogP contribution in [0.15, 0.2) is 53.6 Å². The predicted molar refractivity (Wildman–Crippen MR) is 127 cm³/mol. The van der Waals surface area contributed by atoms with Gasteiger partial charge in [0.05, 0.1) is 14.1 Å². The molecule has 1 aromatic carbocycles. The summed E-state index contributed by atoms with van der Waals surface area (Å²) in [4.78, 5) is 17.7. The third-order valence-electron chi connectivity index (χ3n) is 5.25. The van der Waals surface area contributed by atoms with Crippen LogP contribution in [0.4, 0.5) is 8.78 Å². The van der Waals surface area contributed by atoms with Crippen LogP contribution < -0.4 is 10.3 Å². The van der Waals surface area contributed by atoms with E-state index in [0.717, 1.165) is 12.1 Å². The SMILES string of the molecule is [2H]C([2H])(Oc1cc(C)n(-c2cc(-n3ccc(C(C)(C)O)n3)ncc2C)c(=O)c1Cl)c1ccc(F)cc1F. The van der Waals surface area contributed by atoms with E-state index >= 15 is 0 Å². The molecule has 4 rings (SSSR count). The molecule has 4 aromatic rings. The van der Waals surface area contributed by atoms with Crippen LogP contribution >= 0.6 is 11.6 Å². The lowest BCUT2D eigenvalue weighted by atomic mass is 10.1. The van der Waals surface area contributed by atoms with Gasteiger partial charge >= 0.3 is 0 Å². The van der Waals surface area contributed by atoms with Crippen molar-refractivity contribution >= 4 is 11.6 Å². The van der Waals surface area contributed by atoms with Crippen LogP contribution in [0.2, 0.25) is 5.02 Å². The van der Waals surface area contributed by atoms with Crippen molar-refractivity contribution in [3.8, 4) is 17.3 Å². The second-order valence-corrected chi connectivity index (χ2v) is 8.84. The normalized spacial score (nSPS) is 12.9. The van der Waals surface area contributed by atoms with Gasteiger partial charge in [-0.15, -0.1) is 0 Å². The fourth-order valence-electron chi connectivity index (χ4n) is 3.38. The van der Waals surface area contributed by atoms with E-state index in [-0.39, 0.29) is 5.75 Å². The van der Waals surface area contributed by atoms with Gasteiger partial charge in [0, 0.05) is 41.9 Å². The zero-order valence-electron chi connectivity index (χ0n) is 21.3. The van der Waals surface area contributed by atoms with Crippen molar-refractivity contribution in [2.24, 2.45) is 0 Å². The topological polar surface area (TPSA) is 82.2 Å². The summed E-state index contributed by atoms with van der Waals surface area (Å²) in [5.74, 6) is -1.94. The van der Waals surface area contributed by atoms with Gasteiger partial charge in [-0.25, -0.2) is 18.4 Å². The molecule has 0 aliphatic rings. The van der Waals surface area contributed by atoms with Crippen molar-refractivity contribution in [3.63, 3.8) is 0 Å². The molecule has 0 spiro atoms. The molecule has 0 saturated carbocycles. The second kappa shape index (κ2) is 9.24. The Labute approximate surface area is 208 Å². The standard InChI is InChI=1S/C25H23ClF2N4O3/c1-14-12-29-22(31-8-7-21(30-31)25(3,4)34)11-19(14)32-15(2)9-20(23(26)24(32)33)35-13-16-5-6-17(27)10-18(16)28/h5-12,34H,13H2,1-4H3/i13D2. The van der Waals surface area contributed by atoms with Crippen LogP contribution in [-0.2, 0) is 12.2 Å². The van der Waals surface area contributed by atoms with Crippen molar-refractivity contribution in [2.45, 2.75) is 39.9 Å². The highest BCUT2D eigenvalue weighted by molar-refractivity contribution is 6.31. The molecule has 7 nitrogen and oxygen atoms in total. The highest BCUT2D eigenvalue weighted by atomic mass is 35.5. The number of hydrogen-bond donors (Lipinski definition) is 1. The van der Waals surface area contributed by atoms with Gasteiger partial charge in [-0.05, 0) is 51.5 Å². The minimum atomic E-state index is -2.75. The summed E-state index contributed by atoms with van der Waals surface area (Å²) in [5, 5.41) is 14.1. The highest BCUT2D eigenvalue weighted by Crippen LogP contribution is 2.27. The van der Waals surface area contributed by atoms with E-state index in [1.54, 1.807) is 52.2 Å². The van der Waals surface area contributed by atoms with Gasteiger partial charge in [0.1, 0.15) is 34.6 Å². The van der Waals surface area contributed by atoms with Crippen LogP contribution in [0.3, 0.4) is 0 Å². The van der Waals surface area contributed by atoms with Crippen molar-refractivity contribution in [3.05, 3.63) is 98.3 Å². The second-order valence-electron chi connectivity index (χ2n) is 8.47. The first-order valence-electron chi connectivity index (χ1n) is 11.5. The maximum atomic E-state index is 14.2. The Morgan fingerprint density at radius 1 is 1.20 bits per heavy atom. The van der Waals surface area contributed by atoms with Gasteiger partial charge < -0.3 is 9.84 Å². The Morgan fingerprint density at radius 3 is 2.60 bits per heavy atom. The number of rotatable bonds is 6. The first-order valence-corrected chi connectivity index (χ1v) is 10.9. The molecule has 0 atom stereocenters. The minimum absolute atomic E-state index is 0.303. The van der Waals surface area contributed by atoms with Gasteiger partial charge in [0.15, 0.2) is 5.82 Å². The molecule has 0 aliphatic carbocycles. The summed E-state index contributed by atoms with van der Waals surface area (Å²) >= 11 is 6.30. The van der Waals surface area contributed by atoms with Gasteiger partial charge in [-0.3, -0.25) is 9.36 Å². The van der Waals surface area contributed by atoms with Crippen LogP contribution in [-0.4, -0.2) is 24.4 Å². The fraction of sp³-hybridized carbons (Fsp3) is 0.240. The molecule has 0 amide bonds. The molecule has 3 heterocycles. The maximum absolute atomic E-state index is 14.2. The van der Waals surface area contributed by atoms with E-state index in [9.17, 15) is 18.7 Å². The van der Waals surface area contributed by atoms with E-state index in [1.165, 1.54) is 15.3 Å². The number of aromatic nitrogens is 4. The van der Waals surface area contributed by atoms with E-state index in [4.69, 9.17) is 19.1 Å². The largest absolute Gasteiger partial charge is 0.487 e. The molecule has 0 aliphatic heterocycles. The maximum Gasteiger partial charge on any atom is 0.277 e. The number of pyridine rings is 2. The molecule has 0 saturated heterocycles. The number of aryl methyl sites for hydroxylation is 2. The van der Waals surface area contributed by atoms with Crippen LogP contribution in [0, 0.1) is 25.5 Å². The molecule has 0 radical (unpaired) electrons. The highest BCUT2D eigenvalue weighted by Gasteiger charge is 2.21. The molecule has 0 unspecified atom stereocenters. The summed E-state index contributed by atoms with van der Waals surface area (Å²) in [5.41, 5.74) is -0.557. The van der Waals surface area contributed by atoms with Crippen molar-refractivity contribution < 1.29 is 21.4 Å². The Balaban J connectivity index is 1.76. The zero-order valence-corrected chi connectivity index (χ0v) is 20.1. The quantitative estimate of drug-likeness (QED) is 0.410. The molecule has 10 heteroatoms. The predicted octanol–water partition coefficient (Wildman–Crippen LogP) is 4.77. The van der Waals surface area contributed by atoms with E-state index in [0.29, 0.717) is 34.5 Å². The number of benzene rings is 1. The Hall–Kier alpha value is -3.56. The van der Waals surface area contributed by atoms with Crippen LogP contribution in [0.5, 0.6) is 5.75 Å². The van der Waals surface area contributed by atoms with Crippen molar-refractivity contribution in [1.29, 1.82) is 0 Å². The number of halogens is 3. The molecular weight excluding hydrogens is 478 g/mol. The summed E-state index contributed by atoms with van der Waals surface area (Å²) in [7, 11) is 0. The zero-order chi connectivity index (χ0) is 27.3. The Bertz CT molecular complexity index is 1560. The molecule has 1 N–H and O–H groups in total. The molecule has 0 bridgehead atoms. The lowest BCUT2D eigenvalue weighted by Crippen LogP contribution is -2.23. The fourth-order valence-corrected chi connectivity index (χ4v) is 3.56. The number of ether oxygens (including phenoxy) is 1. The number of aliphatic hydroxyl groups is 1. The van der Waals surface area contributed by atoms with Crippen molar-refractivity contribution in [2.75, 3.05) is 0 Å². The van der Waals surface area contributed by atoms with Crippen molar-refractivity contribution in [1.82, 2.24) is 19.3 Å². The molecule has 3 aromatic heterocycles. The summed E-state index contributed by atoms with van der Waals surface area (Å²) in [6.07, 6.45) is 3.18. The Morgan fingerprint density at radius 2 is 1.94 bits per heavy atom. The third kappa shape index (κ3) is 4.96. The molecule has 182 valence electrons. The lowest BCUT2D eigenvalue weighted by Gasteiger charge is -2.17. The molecular formula is C25H23ClF2N4O3. The smallest absolute Gasteiger partial charge is 0.277 e. The van der Waals surface area contributed by atoms with Gasteiger partial charge in [-0.2, -0.15) is 5.10 Å². The molecule has 0 fully saturated rings. The van der Waals surface area contributed by atoms with Crippen LogP contribution in [0.1, 0.15) is 39.1 Å². The van der Waals surface area contributed by atoms with Gasteiger partial charge in [0.25, 0.3) is 5.56 Å².